The van der Waals surface area contributed by atoms with Gasteiger partial charge in [-0.05, 0) is 54.4 Å². The number of para-hydroxylation sites is 1. The summed E-state index contributed by atoms with van der Waals surface area (Å²) < 4.78 is 28.4. The lowest BCUT2D eigenvalue weighted by atomic mass is 10.1. The Morgan fingerprint density at radius 3 is 2.29 bits per heavy atom. The smallest absolute Gasteiger partial charge is 0.303 e. The van der Waals surface area contributed by atoms with Crippen LogP contribution in [0.25, 0.3) is 0 Å². The van der Waals surface area contributed by atoms with Crippen molar-refractivity contribution in [2.75, 3.05) is 15.4 Å². The van der Waals surface area contributed by atoms with Gasteiger partial charge in [-0.1, -0.05) is 30.3 Å². The number of guanidine groups is 1. The summed E-state index contributed by atoms with van der Waals surface area (Å²) in [6, 6.07) is 18.6. The Bertz CT molecular complexity index is 1340. The number of hydrogen-bond donors (Lipinski definition) is 6. The van der Waals surface area contributed by atoms with Crippen LogP contribution in [-0.2, 0) is 21.2 Å². The highest BCUT2D eigenvalue weighted by Gasteiger charge is 2.17. The second-order valence-corrected chi connectivity index (χ2v) is 8.94. The number of rotatable bonds is 9. The van der Waals surface area contributed by atoms with E-state index in [0.717, 1.165) is 0 Å². The van der Waals surface area contributed by atoms with Gasteiger partial charge in [-0.15, -0.1) is 0 Å². The number of nitrogens with two attached hydrogens (primary N) is 1. The van der Waals surface area contributed by atoms with Gasteiger partial charge in [-0.25, -0.2) is 8.42 Å². The maximum Gasteiger partial charge on any atom is 0.303 e. The minimum absolute atomic E-state index is 0.0784. The molecular weight excluding hydrogens is 458 g/mol. The number of carbonyl (C=O) groups is 2. The van der Waals surface area contributed by atoms with Gasteiger partial charge >= 0.3 is 5.97 Å². The van der Waals surface area contributed by atoms with Gasteiger partial charge < -0.3 is 21.5 Å². The van der Waals surface area contributed by atoms with Crippen LogP contribution >= 0.6 is 0 Å². The van der Waals surface area contributed by atoms with Crippen molar-refractivity contribution in [3.63, 3.8) is 0 Å². The summed E-state index contributed by atoms with van der Waals surface area (Å²) in [7, 11) is -4.01. The fraction of sp³-hybridized carbons (Fsp3) is 0.0870. The molecule has 0 spiro atoms. The van der Waals surface area contributed by atoms with Crippen LogP contribution in [0.3, 0.4) is 0 Å². The number of amides is 1. The van der Waals surface area contributed by atoms with Crippen LogP contribution in [-0.4, -0.2) is 31.4 Å². The van der Waals surface area contributed by atoms with E-state index < -0.39 is 21.9 Å². The number of carbonyl (C=O) groups excluding carboxylic acids is 1. The van der Waals surface area contributed by atoms with Crippen molar-refractivity contribution < 1.29 is 23.1 Å². The molecule has 1 amide bonds. The molecule has 0 atom stereocenters. The number of sulfonamides is 1. The number of benzene rings is 3. The first-order chi connectivity index (χ1) is 16.1. The van der Waals surface area contributed by atoms with Crippen molar-refractivity contribution in [3.05, 3.63) is 83.9 Å². The minimum Gasteiger partial charge on any atom is -0.481 e. The summed E-state index contributed by atoms with van der Waals surface area (Å²) >= 11 is 0. The zero-order valence-corrected chi connectivity index (χ0v) is 18.7. The van der Waals surface area contributed by atoms with Crippen LogP contribution in [0.2, 0.25) is 0 Å². The second kappa shape index (κ2) is 10.5. The average Bonchev–Trinajstić information content (AvgIpc) is 2.78. The number of aryl methyl sites for hydroxylation is 1. The summed E-state index contributed by atoms with van der Waals surface area (Å²) in [6.45, 7) is 0. The number of carboxylic acid groups (broad SMARTS) is 1. The molecule has 0 aliphatic rings. The standard InChI is InChI=1S/C23H23N5O5S/c24-23(25)27-17-7-3-6-16(13-17)22(31)26-18-8-4-9-19(14-18)34(32,33)28-20-10-2-1-5-15(20)11-12-21(29)30/h1-10,13-14,28H,11-12H2,(H,26,31)(H,29,30)(H4,24,25,27). The molecule has 0 aromatic heterocycles. The SMILES string of the molecule is N=C(N)Nc1cccc(C(=O)Nc2cccc(S(=O)(=O)Nc3ccccc3CCC(=O)O)c2)c1. The normalized spacial score (nSPS) is 10.8. The summed E-state index contributed by atoms with van der Waals surface area (Å²) in [5, 5.41) is 21.5. The van der Waals surface area contributed by atoms with Gasteiger partial charge in [-0.3, -0.25) is 19.7 Å². The Morgan fingerprint density at radius 2 is 1.59 bits per heavy atom. The van der Waals surface area contributed by atoms with E-state index in [4.69, 9.17) is 16.2 Å². The molecule has 0 aliphatic carbocycles. The van der Waals surface area contributed by atoms with E-state index >= 15 is 0 Å². The highest BCUT2D eigenvalue weighted by atomic mass is 32.2. The predicted octanol–water partition coefficient (Wildman–Crippen LogP) is 3.06. The lowest BCUT2D eigenvalue weighted by Crippen LogP contribution is -2.21. The molecule has 3 aromatic rings. The molecule has 3 rings (SSSR count). The molecule has 11 heteroatoms. The topological polar surface area (TPSA) is 174 Å². The van der Waals surface area contributed by atoms with Crippen LogP contribution in [0.4, 0.5) is 17.1 Å². The molecule has 0 heterocycles. The predicted molar refractivity (Wildman–Crippen MR) is 130 cm³/mol. The van der Waals surface area contributed by atoms with Crippen molar-refractivity contribution in [2.45, 2.75) is 17.7 Å². The van der Waals surface area contributed by atoms with E-state index in [-0.39, 0.29) is 40.6 Å². The van der Waals surface area contributed by atoms with E-state index in [9.17, 15) is 18.0 Å². The Kier molecular flexibility index (Phi) is 7.49. The van der Waals surface area contributed by atoms with Crippen molar-refractivity contribution in [1.29, 1.82) is 5.41 Å². The molecule has 0 aliphatic heterocycles. The third-order valence-electron chi connectivity index (χ3n) is 4.68. The fourth-order valence-corrected chi connectivity index (χ4v) is 4.27. The molecule has 0 radical (unpaired) electrons. The van der Waals surface area contributed by atoms with Crippen molar-refractivity contribution in [3.8, 4) is 0 Å². The maximum absolute atomic E-state index is 13.0. The average molecular weight is 482 g/mol. The largest absolute Gasteiger partial charge is 0.481 e. The zero-order valence-electron chi connectivity index (χ0n) is 17.9. The molecule has 3 aromatic carbocycles. The van der Waals surface area contributed by atoms with Crippen molar-refractivity contribution in [1.82, 2.24) is 0 Å². The van der Waals surface area contributed by atoms with Gasteiger partial charge in [0.15, 0.2) is 5.96 Å². The molecule has 0 bridgehead atoms. The van der Waals surface area contributed by atoms with Crippen LogP contribution in [0.1, 0.15) is 22.3 Å². The zero-order chi connectivity index (χ0) is 24.7. The van der Waals surface area contributed by atoms with Crippen LogP contribution in [0.15, 0.2) is 77.7 Å². The highest BCUT2D eigenvalue weighted by molar-refractivity contribution is 7.92. The molecule has 34 heavy (non-hydrogen) atoms. The Balaban J connectivity index is 1.78. The number of aliphatic carboxylic acids is 1. The third-order valence-corrected chi connectivity index (χ3v) is 6.04. The molecule has 0 saturated heterocycles. The molecule has 7 N–H and O–H groups in total. The fourth-order valence-electron chi connectivity index (χ4n) is 3.12. The number of hydrogen-bond acceptors (Lipinski definition) is 5. The molecule has 0 unspecified atom stereocenters. The summed E-state index contributed by atoms with van der Waals surface area (Å²) in [4.78, 5) is 23.5. The molecular formula is C23H23N5O5S. The quantitative estimate of drug-likeness (QED) is 0.201. The Hall–Kier alpha value is -4.38. The van der Waals surface area contributed by atoms with Crippen LogP contribution < -0.4 is 21.1 Å². The molecule has 0 saturated carbocycles. The van der Waals surface area contributed by atoms with E-state index in [0.29, 0.717) is 11.3 Å². The Morgan fingerprint density at radius 1 is 0.912 bits per heavy atom. The third kappa shape index (κ3) is 6.56. The summed E-state index contributed by atoms with van der Waals surface area (Å²) in [5.74, 6) is -1.73. The first kappa shape index (κ1) is 24.3. The lowest BCUT2D eigenvalue weighted by molar-refractivity contribution is -0.136. The van der Waals surface area contributed by atoms with Gasteiger partial charge in [-0.2, -0.15) is 0 Å². The van der Waals surface area contributed by atoms with Gasteiger partial charge in [0, 0.05) is 23.4 Å². The molecule has 10 nitrogen and oxygen atoms in total. The highest BCUT2D eigenvalue weighted by Crippen LogP contribution is 2.23. The maximum atomic E-state index is 13.0. The monoisotopic (exact) mass is 481 g/mol. The van der Waals surface area contributed by atoms with E-state index in [1.807, 2.05) is 0 Å². The number of anilines is 3. The van der Waals surface area contributed by atoms with Gasteiger partial charge in [0.05, 0.1) is 10.6 Å². The summed E-state index contributed by atoms with van der Waals surface area (Å²) in [5.41, 5.74) is 7.15. The first-order valence-electron chi connectivity index (χ1n) is 10.1. The van der Waals surface area contributed by atoms with E-state index in [1.54, 1.807) is 48.5 Å². The van der Waals surface area contributed by atoms with Crippen molar-refractivity contribution in [2.24, 2.45) is 5.73 Å². The van der Waals surface area contributed by atoms with Crippen molar-refractivity contribution >= 4 is 44.9 Å². The Labute approximate surface area is 196 Å². The van der Waals surface area contributed by atoms with Gasteiger partial charge in [0.2, 0.25) is 0 Å². The van der Waals surface area contributed by atoms with E-state index in [1.165, 1.54) is 24.3 Å². The number of nitrogens with one attached hydrogen (secondary N) is 4. The van der Waals surface area contributed by atoms with Gasteiger partial charge in [0.25, 0.3) is 15.9 Å². The molecule has 0 fully saturated rings. The number of carboxylic acids is 1. The molecule has 176 valence electrons. The van der Waals surface area contributed by atoms with Gasteiger partial charge in [0.1, 0.15) is 0 Å². The lowest BCUT2D eigenvalue weighted by Gasteiger charge is -2.13. The van der Waals surface area contributed by atoms with Crippen LogP contribution in [0.5, 0.6) is 0 Å². The first-order valence-corrected chi connectivity index (χ1v) is 11.6. The van der Waals surface area contributed by atoms with Crippen LogP contribution in [0, 0.1) is 5.41 Å². The van der Waals surface area contributed by atoms with E-state index in [2.05, 4.69) is 15.4 Å². The summed E-state index contributed by atoms with van der Waals surface area (Å²) in [6.07, 6.45) is 0.0328. The minimum atomic E-state index is -4.01. The second-order valence-electron chi connectivity index (χ2n) is 7.26.